The summed E-state index contributed by atoms with van der Waals surface area (Å²) in [4.78, 5) is 15.0. The van der Waals surface area contributed by atoms with Gasteiger partial charge < -0.3 is 10.8 Å². The number of hydrogen-bond donors (Lipinski definition) is 2. The Morgan fingerprint density at radius 2 is 2.24 bits per heavy atom. The molecule has 1 heterocycles. The predicted molar refractivity (Wildman–Crippen MR) is 56.9 cm³/mol. The number of nitrogen functional groups attached to an aromatic ring is 1. The van der Waals surface area contributed by atoms with E-state index in [4.69, 9.17) is 10.8 Å². The number of aliphatic hydroxyl groups is 1. The van der Waals surface area contributed by atoms with Crippen molar-refractivity contribution in [2.75, 3.05) is 12.3 Å². The SMILES string of the molecule is Nc1ccn(C2CC(CO)C(F)C2[18F])c(=O)n1. The van der Waals surface area contributed by atoms with E-state index in [0.29, 0.717) is 0 Å². The molecule has 4 atom stereocenters. The van der Waals surface area contributed by atoms with Crippen LogP contribution in [0.2, 0.25) is 0 Å². The third-order valence-electron chi connectivity index (χ3n) is 3.11. The Morgan fingerprint density at radius 3 is 2.76 bits per heavy atom. The molecular formula is C10H13F2N3O2. The van der Waals surface area contributed by atoms with Gasteiger partial charge in [0.1, 0.15) is 12.0 Å². The predicted octanol–water partition coefficient (Wildman–Crippen LogP) is 0.0550. The minimum atomic E-state index is -1.81. The fourth-order valence-electron chi connectivity index (χ4n) is 2.16. The van der Waals surface area contributed by atoms with E-state index in [9.17, 15) is 13.6 Å². The summed E-state index contributed by atoms with van der Waals surface area (Å²) < 4.78 is 28.1. The minimum absolute atomic E-state index is 0.0372. The molecule has 2 rings (SSSR count). The first-order chi connectivity index (χ1) is 8.04. The van der Waals surface area contributed by atoms with E-state index in [-0.39, 0.29) is 12.2 Å². The van der Waals surface area contributed by atoms with Crippen LogP contribution in [0.3, 0.4) is 0 Å². The van der Waals surface area contributed by atoms with Crippen LogP contribution >= 0.6 is 0 Å². The summed E-state index contributed by atoms with van der Waals surface area (Å²) >= 11 is 0. The number of alkyl halides is 2. The van der Waals surface area contributed by atoms with Crippen molar-refractivity contribution in [3.8, 4) is 0 Å². The number of aromatic nitrogens is 2. The highest BCUT2D eigenvalue weighted by atomic mass is 19.1. The topological polar surface area (TPSA) is 81.1 Å². The van der Waals surface area contributed by atoms with Crippen molar-refractivity contribution in [1.29, 1.82) is 0 Å². The van der Waals surface area contributed by atoms with Gasteiger partial charge in [-0.2, -0.15) is 4.98 Å². The van der Waals surface area contributed by atoms with E-state index in [2.05, 4.69) is 4.98 Å². The molecule has 94 valence electrons. The molecule has 0 spiro atoms. The van der Waals surface area contributed by atoms with E-state index in [0.717, 1.165) is 4.57 Å². The lowest BCUT2D eigenvalue weighted by Gasteiger charge is -2.15. The van der Waals surface area contributed by atoms with Gasteiger partial charge in [0.05, 0.1) is 6.04 Å². The van der Waals surface area contributed by atoms with Crippen molar-refractivity contribution in [3.63, 3.8) is 0 Å². The van der Waals surface area contributed by atoms with E-state index in [1.807, 2.05) is 0 Å². The Kier molecular flexibility index (Phi) is 3.10. The van der Waals surface area contributed by atoms with Crippen LogP contribution < -0.4 is 11.4 Å². The fraction of sp³-hybridized carbons (Fsp3) is 0.600. The molecule has 1 aromatic rings. The quantitative estimate of drug-likeness (QED) is 0.770. The van der Waals surface area contributed by atoms with E-state index in [1.165, 1.54) is 12.3 Å². The second-order valence-electron chi connectivity index (χ2n) is 4.18. The van der Waals surface area contributed by atoms with Crippen LogP contribution in [-0.4, -0.2) is 33.6 Å². The van der Waals surface area contributed by atoms with Gasteiger partial charge in [-0.3, -0.25) is 4.57 Å². The molecule has 0 bridgehead atoms. The summed E-state index contributed by atoms with van der Waals surface area (Å²) in [6, 6.07) is 0.427. The zero-order chi connectivity index (χ0) is 12.6. The molecule has 0 amide bonds. The number of halogens is 2. The number of anilines is 1. The van der Waals surface area contributed by atoms with Crippen LogP contribution in [0, 0.1) is 5.92 Å². The molecule has 17 heavy (non-hydrogen) atoms. The highest BCUT2D eigenvalue weighted by Gasteiger charge is 2.45. The maximum Gasteiger partial charge on any atom is 0.349 e. The van der Waals surface area contributed by atoms with Crippen molar-refractivity contribution < 1.29 is 13.9 Å². The minimum Gasteiger partial charge on any atom is -0.396 e. The zero-order valence-corrected chi connectivity index (χ0v) is 8.96. The van der Waals surface area contributed by atoms with Gasteiger partial charge in [-0.15, -0.1) is 0 Å². The van der Waals surface area contributed by atoms with Crippen molar-refractivity contribution >= 4 is 5.82 Å². The third kappa shape index (κ3) is 2.02. The lowest BCUT2D eigenvalue weighted by Crippen LogP contribution is -2.31. The van der Waals surface area contributed by atoms with Gasteiger partial charge >= 0.3 is 5.69 Å². The summed E-state index contributed by atoms with van der Waals surface area (Å²) in [7, 11) is 0. The highest BCUT2D eigenvalue weighted by Crippen LogP contribution is 2.38. The van der Waals surface area contributed by atoms with Gasteiger partial charge in [-0.25, -0.2) is 13.6 Å². The van der Waals surface area contributed by atoms with Crippen LogP contribution in [0.4, 0.5) is 14.6 Å². The first-order valence-electron chi connectivity index (χ1n) is 5.28. The number of aliphatic hydroxyl groups excluding tert-OH is 1. The molecule has 1 aliphatic carbocycles. The molecule has 1 aliphatic rings. The number of nitrogens with zero attached hydrogens (tertiary/aromatic N) is 2. The molecule has 0 radical (unpaired) electrons. The first-order valence-corrected chi connectivity index (χ1v) is 5.28. The Bertz CT molecular complexity index is 465. The molecule has 0 saturated heterocycles. The van der Waals surface area contributed by atoms with Crippen LogP contribution in [0.1, 0.15) is 12.5 Å². The number of nitrogens with two attached hydrogens (primary N) is 1. The van der Waals surface area contributed by atoms with Crippen molar-refractivity contribution in [1.82, 2.24) is 9.55 Å². The van der Waals surface area contributed by atoms with Gasteiger partial charge in [0.15, 0.2) is 6.17 Å². The molecule has 1 saturated carbocycles. The summed E-state index contributed by atoms with van der Waals surface area (Å²) in [5, 5.41) is 8.90. The van der Waals surface area contributed by atoms with Gasteiger partial charge in [0, 0.05) is 18.7 Å². The van der Waals surface area contributed by atoms with Crippen LogP contribution in [0.15, 0.2) is 17.1 Å². The highest BCUT2D eigenvalue weighted by molar-refractivity contribution is 5.23. The molecule has 0 aliphatic heterocycles. The van der Waals surface area contributed by atoms with Crippen LogP contribution in [0.25, 0.3) is 0 Å². The summed E-state index contributed by atoms with van der Waals surface area (Å²) in [5.74, 6) is -0.741. The Morgan fingerprint density at radius 1 is 1.53 bits per heavy atom. The molecule has 4 unspecified atom stereocenters. The second-order valence-corrected chi connectivity index (χ2v) is 4.18. The summed E-state index contributed by atoms with van der Waals surface area (Å²) in [6.45, 7) is -0.435. The Hall–Kier alpha value is -1.50. The molecule has 3 N–H and O–H groups in total. The van der Waals surface area contributed by atoms with Crippen molar-refractivity contribution in [3.05, 3.63) is 22.7 Å². The van der Waals surface area contributed by atoms with Gasteiger partial charge in [0.2, 0.25) is 0 Å². The number of rotatable bonds is 2. The molecule has 0 aromatic carbocycles. The van der Waals surface area contributed by atoms with Crippen LogP contribution in [0.5, 0.6) is 0 Å². The summed E-state index contributed by atoms with van der Waals surface area (Å²) in [6.07, 6.45) is -2.19. The molecule has 1 aromatic heterocycles. The number of hydrogen-bond acceptors (Lipinski definition) is 4. The largest absolute Gasteiger partial charge is 0.396 e. The lowest BCUT2D eigenvalue weighted by atomic mass is 10.1. The second kappa shape index (κ2) is 4.40. The average molecular weight is 244 g/mol. The normalized spacial score (nSPS) is 32.9. The van der Waals surface area contributed by atoms with Crippen molar-refractivity contribution in [2.24, 2.45) is 5.92 Å². The first kappa shape index (κ1) is 12.0. The van der Waals surface area contributed by atoms with E-state index in [1.54, 1.807) is 0 Å². The van der Waals surface area contributed by atoms with Gasteiger partial charge in [-0.1, -0.05) is 0 Å². The van der Waals surface area contributed by atoms with Gasteiger partial charge in [0.25, 0.3) is 0 Å². The zero-order valence-electron chi connectivity index (χ0n) is 8.96. The maximum absolute atomic E-state index is 13.7. The smallest absolute Gasteiger partial charge is 0.349 e. The standard InChI is InChI=1S/C10H13F2N3O2/c11-8-5(4-16)3-6(9(8)12)15-2-1-7(13)14-10(15)17/h1-2,5-6,8-9,16H,3-4H2,(H2,13,14,17)/i12-1. The van der Waals surface area contributed by atoms with E-state index < -0.39 is 36.6 Å². The van der Waals surface area contributed by atoms with Crippen LogP contribution in [-0.2, 0) is 0 Å². The molecule has 1 fully saturated rings. The molecule has 7 heteroatoms. The van der Waals surface area contributed by atoms with Gasteiger partial charge in [-0.05, 0) is 12.5 Å². The molecular weight excluding hydrogens is 231 g/mol. The average Bonchev–Trinajstić information content (AvgIpc) is 2.57. The molecule has 5 nitrogen and oxygen atoms in total. The van der Waals surface area contributed by atoms with Crippen molar-refractivity contribution in [2.45, 2.75) is 24.8 Å². The Balaban J connectivity index is 2.32. The maximum atomic E-state index is 13.7. The Labute approximate surface area is 95.9 Å². The summed E-state index contributed by atoms with van der Waals surface area (Å²) in [5.41, 5.74) is 4.60. The third-order valence-corrected chi connectivity index (χ3v) is 3.11. The lowest BCUT2D eigenvalue weighted by molar-refractivity contribution is 0.112. The fourth-order valence-corrected chi connectivity index (χ4v) is 2.16. The van der Waals surface area contributed by atoms with E-state index >= 15 is 0 Å². The monoisotopic (exact) mass is 244 g/mol.